The van der Waals surface area contributed by atoms with Crippen LogP contribution in [-0.2, 0) is 4.79 Å². The number of rotatable bonds is 6. The molecule has 0 atom stereocenters. The van der Waals surface area contributed by atoms with Crippen LogP contribution in [0.3, 0.4) is 0 Å². The van der Waals surface area contributed by atoms with E-state index in [1.807, 2.05) is 6.08 Å². The van der Waals surface area contributed by atoms with Gasteiger partial charge >= 0.3 is 0 Å². The van der Waals surface area contributed by atoms with Gasteiger partial charge in [0.2, 0.25) is 0 Å². The van der Waals surface area contributed by atoms with E-state index in [0.29, 0.717) is 33.7 Å². The third-order valence-corrected chi connectivity index (χ3v) is 4.71. The highest BCUT2D eigenvalue weighted by Gasteiger charge is 2.15. The summed E-state index contributed by atoms with van der Waals surface area (Å²) in [6.45, 7) is 0.259. The summed E-state index contributed by atoms with van der Waals surface area (Å²) in [4.78, 5) is 25.4. The molecule has 0 aliphatic carbocycles. The molecule has 1 amide bonds. The van der Waals surface area contributed by atoms with Crippen LogP contribution < -0.4 is 9.47 Å². The van der Waals surface area contributed by atoms with Crippen LogP contribution in [0.25, 0.3) is 6.08 Å². The maximum absolute atomic E-state index is 12.4. The lowest BCUT2D eigenvalue weighted by Crippen LogP contribution is -2.27. The molecule has 1 aliphatic heterocycles. The largest absolute Gasteiger partial charge is 0.487 e. The van der Waals surface area contributed by atoms with Crippen LogP contribution in [0, 0.1) is 0 Å². The Bertz CT molecular complexity index is 995. The minimum Gasteiger partial charge on any atom is -0.487 e. The Morgan fingerprint density at radius 3 is 2.59 bits per heavy atom. The van der Waals surface area contributed by atoms with Crippen LogP contribution in [0.2, 0.25) is 10.0 Å². The maximum Gasteiger partial charge on any atom is 0.259 e. The molecule has 1 aliphatic rings. The second-order valence-corrected chi connectivity index (χ2v) is 7.46. The normalized spacial score (nSPS) is 12.8. The summed E-state index contributed by atoms with van der Waals surface area (Å²) in [6, 6.07) is 10.0. The number of nitrogens with zero attached hydrogens (tertiary/aromatic N) is 1. The number of likely N-dealkylation sites (N-methyl/N-ethyl adjacent to an activating group) is 1. The van der Waals surface area contributed by atoms with Crippen molar-refractivity contribution in [3.63, 3.8) is 0 Å². The summed E-state index contributed by atoms with van der Waals surface area (Å²) in [5.41, 5.74) is 2.11. The Hall–Kier alpha value is -2.76. The van der Waals surface area contributed by atoms with Crippen molar-refractivity contribution in [3.8, 4) is 11.5 Å². The van der Waals surface area contributed by atoms with Crippen LogP contribution >= 0.6 is 23.2 Å². The molecule has 0 radical (unpaired) electrons. The molecule has 0 spiro atoms. The summed E-state index contributed by atoms with van der Waals surface area (Å²) < 4.78 is 11.1. The zero-order valence-corrected chi connectivity index (χ0v) is 17.5. The van der Waals surface area contributed by atoms with E-state index in [9.17, 15) is 9.59 Å². The molecule has 0 saturated heterocycles. The number of allylic oxidation sites excluding steroid dienone is 1. The van der Waals surface area contributed by atoms with Gasteiger partial charge in [-0.25, -0.2) is 0 Å². The molecule has 7 heteroatoms. The van der Waals surface area contributed by atoms with E-state index in [0.717, 1.165) is 11.1 Å². The molecule has 2 aromatic rings. The first-order chi connectivity index (χ1) is 13.8. The third kappa shape index (κ3) is 5.40. The highest BCUT2D eigenvalue weighted by Crippen LogP contribution is 2.36. The molecule has 29 heavy (non-hydrogen) atoms. The minimum absolute atomic E-state index is 0.0517. The number of carbonyl (C=O) groups excluding carboxylic acids is 2. The van der Waals surface area contributed by atoms with Gasteiger partial charge in [-0.05, 0) is 54.1 Å². The van der Waals surface area contributed by atoms with E-state index in [-0.39, 0.29) is 18.3 Å². The molecule has 0 fully saturated rings. The molecule has 2 aromatic carbocycles. The number of fused-ring (bicyclic) bond motifs is 1. The monoisotopic (exact) mass is 431 g/mol. The van der Waals surface area contributed by atoms with Gasteiger partial charge in [-0.3, -0.25) is 9.59 Å². The Kier molecular flexibility index (Phi) is 6.62. The van der Waals surface area contributed by atoms with E-state index in [4.69, 9.17) is 32.7 Å². The zero-order valence-electron chi connectivity index (χ0n) is 15.9. The molecule has 150 valence electrons. The number of ketones is 1. The third-order valence-electron chi connectivity index (χ3n) is 4.21. The Balaban J connectivity index is 1.65. The zero-order chi connectivity index (χ0) is 21.0. The Morgan fingerprint density at radius 2 is 1.90 bits per heavy atom. The van der Waals surface area contributed by atoms with Crippen molar-refractivity contribution in [2.75, 3.05) is 27.3 Å². The second kappa shape index (κ2) is 9.16. The number of carbonyl (C=O) groups is 2. The fraction of sp³-hybridized carbons (Fsp3) is 0.182. The smallest absolute Gasteiger partial charge is 0.259 e. The van der Waals surface area contributed by atoms with Crippen LogP contribution in [0.15, 0.2) is 54.1 Å². The van der Waals surface area contributed by atoms with Crippen molar-refractivity contribution >= 4 is 41.0 Å². The van der Waals surface area contributed by atoms with Gasteiger partial charge in [-0.1, -0.05) is 29.3 Å². The number of benzene rings is 2. The molecule has 0 unspecified atom stereocenters. The number of ether oxygens (including phenoxy) is 2. The molecule has 0 saturated carbocycles. The highest BCUT2D eigenvalue weighted by atomic mass is 35.5. The van der Waals surface area contributed by atoms with Crippen LogP contribution in [-0.4, -0.2) is 43.9 Å². The average Bonchev–Trinajstić information content (AvgIpc) is 2.70. The van der Waals surface area contributed by atoms with Crippen LogP contribution in [0.1, 0.15) is 15.9 Å². The van der Waals surface area contributed by atoms with E-state index >= 15 is 0 Å². The summed E-state index contributed by atoms with van der Waals surface area (Å²) in [5.74, 6) is 0.814. The SMILES string of the molecule is CN(C)C(=O)COc1ccc(C(=O)/C=C/C2=Cc3cc(Cl)cc(Cl)c3OC2)cc1. The Labute approximate surface area is 179 Å². The number of halogens is 2. The van der Waals surface area contributed by atoms with Crippen molar-refractivity contribution in [2.24, 2.45) is 0 Å². The van der Waals surface area contributed by atoms with Crippen molar-refractivity contribution in [3.05, 3.63) is 75.3 Å². The van der Waals surface area contributed by atoms with Crippen LogP contribution in [0.4, 0.5) is 0 Å². The van der Waals surface area contributed by atoms with E-state index < -0.39 is 0 Å². The van der Waals surface area contributed by atoms with E-state index in [2.05, 4.69) is 0 Å². The first-order valence-corrected chi connectivity index (χ1v) is 9.57. The lowest BCUT2D eigenvalue weighted by Gasteiger charge is -2.17. The second-order valence-electron chi connectivity index (χ2n) is 6.61. The van der Waals surface area contributed by atoms with E-state index in [1.165, 1.54) is 11.0 Å². The van der Waals surface area contributed by atoms with Gasteiger partial charge in [0.05, 0.1) is 5.02 Å². The van der Waals surface area contributed by atoms with Crippen molar-refractivity contribution < 1.29 is 19.1 Å². The lowest BCUT2D eigenvalue weighted by atomic mass is 10.1. The van der Waals surface area contributed by atoms with Gasteiger partial charge in [0.25, 0.3) is 5.91 Å². The first kappa shape index (κ1) is 21.0. The lowest BCUT2D eigenvalue weighted by molar-refractivity contribution is -0.130. The molecular formula is C22H19Cl2NO4. The quantitative estimate of drug-likeness (QED) is 0.492. The van der Waals surface area contributed by atoms with Gasteiger partial charge in [0, 0.05) is 30.2 Å². The summed E-state index contributed by atoms with van der Waals surface area (Å²) in [7, 11) is 3.32. The molecule has 3 rings (SSSR count). The topological polar surface area (TPSA) is 55.8 Å². The average molecular weight is 432 g/mol. The number of hydrogen-bond acceptors (Lipinski definition) is 4. The summed E-state index contributed by atoms with van der Waals surface area (Å²) >= 11 is 12.2. The number of hydrogen-bond donors (Lipinski definition) is 0. The van der Waals surface area contributed by atoms with Gasteiger partial charge in [-0.15, -0.1) is 0 Å². The molecular weight excluding hydrogens is 413 g/mol. The molecule has 0 bridgehead atoms. The molecule has 1 heterocycles. The molecule has 5 nitrogen and oxygen atoms in total. The molecule has 0 N–H and O–H groups in total. The summed E-state index contributed by atoms with van der Waals surface area (Å²) in [6.07, 6.45) is 5.08. The standard InChI is InChI=1S/C22H19Cl2NO4/c1-25(2)21(27)13-28-18-6-4-15(5-7-18)20(26)8-3-14-9-16-10-17(23)11-19(24)22(16)29-12-14/h3-11H,12-13H2,1-2H3/b8-3+. The predicted octanol–water partition coefficient (Wildman–Crippen LogP) is 4.68. The fourth-order valence-electron chi connectivity index (χ4n) is 2.60. The fourth-order valence-corrected chi connectivity index (χ4v) is 3.17. The Morgan fingerprint density at radius 1 is 1.17 bits per heavy atom. The summed E-state index contributed by atoms with van der Waals surface area (Å²) in [5, 5.41) is 0.974. The minimum atomic E-state index is -0.156. The predicted molar refractivity (Wildman–Crippen MR) is 114 cm³/mol. The van der Waals surface area contributed by atoms with E-state index in [1.54, 1.807) is 56.6 Å². The maximum atomic E-state index is 12.4. The van der Waals surface area contributed by atoms with Gasteiger partial charge in [0.15, 0.2) is 12.4 Å². The first-order valence-electron chi connectivity index (χ1n) is 8.81. The van der Waals surface area contributed by atoms with Gasteiger partial charge in [-0.2, -0.15) is 0 Å². The van der Waals surface area contributed by atoms with Crippen molar-refractivity contribution in [1.29, 1.82) is 0 Å². The van der Waals surface area contributed by atoms with Gasteiger partial charge in [0.1, 0.15) is 18.1 Å². The van der Waals surface area contributed by atoms with Gasteiger partial charge < -0.3 is 14.4 Å². The van der Waals surface area contributed by atoms with Crippen LogP contribution in [0.5, 0.6) is 11.5 Å². The highest BCUT2D eigenvalue weighted by molar-refractivity contribution is 6.36. The molecule has 0 aromatic heterocycles. The van der Waals surface area contributed by atoms with Crippen molar-refractivity contribution in [1.82, 2.24) is 4.90 Å². The van der Waals surface area contributed by atoms with Crippen molar-refractivity contribution in [2.45, 2.75) is 0 Å². The number of amides is 1.